The van der Waals surface area contributed by atoms with E-state index < -0.39 is 17.8 Å². The van der Waals surface area contributed by atoms with Crippen molar-refractivity contribution in [3.05, 3.63) is 53.1 Å². The molecule has 0 aromatic heterocycles. The second-order valence-electron chi connectivity index (χ2n) is 5.84. The van der Waals surface area contributed by atoms with Gasteiger partial charge in [-0.05, 0) is 36.8 Å². The van der Waals surface area contributed by atoms with Gasteiger partial charge < -0.3 is 10.1 Å². The van der Waals surface area contributed by atoms with Crippen LogP contribution in [0.25, 0.3) is 0 Å². The summed E-state index contributed by atoms with van der Waals surface area (Å²) in [6, 6.07) is 9.01. The van der Waals surface area contributed by atoms with Crippen LogP contribution in [0.2, 0.25) is 5.02 Å². The van der Waals surface area contributed by atoms with Crippen molar-refractivity contribution in [1.82, 2.24) is 0 Å². The lowest BCUT2D eigenvalue weighted by atomic mass is 10.1. The maximum absolute atomic E-state index is 13.1. The number of amides is 2. The first kappa shape index (κ1) is 18.4. The molecule has 8 heteroatoms. The Bertz CT molecular complexity index is 826. The highest BCUT2D eigenvalue weighted by molar-refractivity contribution is 6.31. The Morgan fingerprint density at radius 2 is 2.04 bits per heavy atom. The van der Waals surface area contributed by atoms with Crippen molar-refractivity contribution >= 4 is 29.0 Å². The molecular formula is C18H16ClF3N2O2. The molecule has 4 nitrogen and oxygen atoms in total. The summed E-state index contributed by atoms with van der Waals surface area (Å²) in [5.41, 5.74) is -0.780. The zero-order chi connectivity index (χ0) is 18.9. The van der Waals surface area contributed by atoms with Crippen LogP contribution < -0.4 is 15.0 Å². The number of anilines is 2. The lowest BCUT2D eigenvalue weighted by molar-refractivity contribution is -0.136. The predicted octanol–water partition coefficient (Wildman–Crippen LogP) is 5.57. The second-order valence-corrected chi connectivity index (χ2v) is 6.28. The number of carbonyl (C=O) groups excluding carboxylic acids is 1. The van der Waals surface area contributed by atoms with Crippen molar-refractivity contribution in [2.45, 2.75) is 25.6 Å². The minimum Gasteiger partial charge on any atom is -0.486 e. The van der Waals surface area contributed by atoms with E-state index in [9.17, 15) is 18.0 Å². The molecule has 3 rings (SSSR count). The molecule has 0 saturated heterocycles. The van der Waals surface area contributed by atoms with Crippen molar-refractivity contribution in [2.75, 3.05) is 16.8 Å². The van der Waals surface area contributed by atoms with E-state index in [1.807, 2.05) is 6.92 Å². The Kier molecular flexibility index (Phi) is 5.00. The number of halogens is 4. The minimum atomic E-state index is -4.57. The third-order valence-corrected chi connectivity index (χ3v) is 4.30. The van der Waals surface area contributed by atoms with Gasteiger partial charge >= 0.3 is 12.2 Å². The highest BCUT2D eigenvalue weighted by atomic mass is 35.5. The van der Waals surface area contributed by atoms with Gasteiger partial charge in [-0.3, -0.25) is 4.90 Å². The lowest BCUT2D eigenvalue weighted by Gasteiger charge is -2.34. The number of carbonyl (C=O) groups is 1. The topological polar surface area (TPSA) is 41.6 Å². The Labute approximate surface area is 153 Å². The molecule has 2 aromatic rings. The summed E-state index contributed by atoms with van der Waals surface area (Å²) in [6.45, 7) is 2.12. The van der Waals surface area contributed by atoms with Gasteiger partial charge in [0, 0.05) is 5.02 Å². The smallest absolute Gasteiger partial charge is 0.418 e. The summed E-state index contributed by atoms with van der Waals surface area (Å²) in [5.74, 6) is 0.465. The quantitative estimate of drug-likeness (QED) is 0.735. The number of hydrogen-bond donors (Lipinski definition) is 1. The first-order valence-corrected chi connectivity index (χ1v) is 8.38. The molecule has 0 bridgehead atoms. The lowest BCUT2D eigenvalue weighted by Crippen LogP contribution is -2.45. The van der Waals surface area contributed by atoms with Gasteiger partial charge in [0.1, 0.15) is 11.9 Å². The van der Waals surface area contributed by atoms with Crippen molar-refractivity contribution < 1.29 is 22.7 Å². The Morgan fingerprint density at radius 3 is 2.73 bits per heavy atom. The molecule has 0 aliphatic carbocycles. The van der Waals surface area contributed by atoms with Crippen LogP contribution in [0.4, 0.5) is 29.3 Å². The summed E-state index contributed by atoms with van der Waals surface area (Å²) in [4.78, 5) is 14.1. The van der Waals surface area contributed by atoms with Crippen LogP contribution in [0.5, 0.6) is 5.75 Å². The summed E-state index contributed by atoms with van der Waals surface area (Å²) in [6.07, 6.45) is -4.18. The molecule has 1 N–H and O–H groups in total. The third kappa shape index (κ3) is 3.72. The maximum atomic E-state index is 13.1. The first-order valence-electron chi connectivity index (χ1n) is 8.00. The van der Waals surface area contributed by atoms with Crippen molar-refractivity contribution in [1.29, 1.82) is 0 Å². The molecule has 26 heavy (non-hydrogen) atoms. The van der Waals surface area contributed by atoms with Gasteiger partial charge in [-0.15, -0.1) is 0 Å². The monoisotopic (exact) mass is 384 g/mol. The molecule has 2 aromatic carbocycles. The van der Waals surface area contributed by atoms with Gasteiger partial charge in [0.15, 0.2) is 0 Å². The van der Waals surface area contributed by atoms with E-state index in [0.29, 0.717) is 22.9 Å². The summed E-state index contributed by atoms with van der Waals surface area (Å²) in [7, 11) is 0. The van der Waals surface area contributed by atoms with Gasteiger partial charge in [0.2, 0.25) is 0 Å². The summed E-state index contributed by atoms with van der Waals surface area (Å²) in [5, 5.41) is 2.76. The highest BCUT2D eigenvalue weighted by Crippen LogP contribution is 2.38. The largest absolute Gasteiger partial charge is 0.486 e. The zero-order valence-corrected chi connectivity index (χ0v) is 14.6. The molecule has 0 saturated carbocycles. The van der Waals surface area contributed by atoms with Crippen LogP contribution in [0.15, 0.2) is 42.5 Å². The molecule has 0 unspecified atom stereocenters. The average molecular weight is 385 g/mol. The fraction of sp³-hybridized carbons (Fsp3) is 0.278. The number of ether oxygens (including phenoxy) is 1. The highest BCUT2D eigenvalue weighted by Gasteiger charge is 2.35. The number of nitrogens with zero attached hydrogens (tertiary/aromatic N) is 1. The SMILES string of the molecule is CC[C@H]1CN(C(=O)Nc2ccccc2C(F)(F)F)c2cc(Cl)ccc2O1. The molecule has 1 heterocycles. The van der Waals surface area contributed by atoms with E-state index in [-0.39, 0.29) is 18.3 Å². The predicted molar refractivity (Wildman–Crippen MR) is 94.0 cm³/mol. The van der Waals surface area contributed by atoms with E-state index in [4.69, 9.17) is 16.3 Å². The maximum Gasteiger partial charge on any atom is 0.418 e. The number of urea groups is 1. The minimum absolute atomic E-state index is 0.212. The standard InChI is InChI=1S/C18H16ClF3N2O2/c1-2-12-10-24(15-9-11(19)7-8-16(15)26-12)17(25)23-14-6-4-3-5-13(14)18(20,21)22/h3-9,12H,2,10H2,1H3,(H,23,25)/t12-/m0/s1. The molecule has 1 atom stereocenters. The number of alkyl halides is 3. The van der Waals surface area contributed by atoms with Crippen LogP contribution in [0, 0.1) is 0 Å². The number of hydrogen-bond acceptors (Lipinski definition) is 2. The number of benzene rings is 2. The molecule has 0 spiro atoms. The fourth-order valence-corrected chi connectivity index (χ4v) is 2.91. The first-order chi connectivity index (χ1) is 12.3. The number of para-hydroxylation sites is 1. The molecule has 1 aliphatic heterocycles. The second kappa shape index (κ2) is 7.07. The Morgan fingerprint density at radius 1 is 1.31 bits per heavy atom. The normalized spacial score (nSPS) is 16.7. The van der Waals surface area contributed by atoms with Crippen LogP contribution in [0.3, 0.4) is 0 Å². The zero-order valence-electron chi connectivity index (χ0n) is 13.8. The van der Waals surface area contributed by atoms with Crippen molar-refractivity contribution in [3.63, 3.8) is 0 Å². The van der Waals surface area contributed by atoms with Crippen LogP contribution in [-0.4, -0.2) is 18.7 Å². The van der Waals surface area contributed by atoms with Crippen LogP contribution in [0.1, 0.15) is 18.9 Å². The fourth-order valence-electron chi connectivity index (χ4n) is 2.75. The number of fused-ring (bicyclic) bond motifs is 1. The van der Waals surface area contributed by atoms with Gasteiger partial charge in [-0.1, -0.05) is 30.7 Å². The average Bonchev–Trinajstić information content (AvgIpc) is 2.60. The molecule has 0 radical (unpaired) electrons. The van der Waals surface area contributed by atoms with Crippen molar-refractivity contribution in [3.8, 4) is 5.75 Å². The summed E-state index contributed by atoms with van der Waals surface area (Å²) >= 11 is 6.00. The molecule has 138 valence electrons. The molecular weight excluding hydrogens is 369 g/mol. The molecule has 2 amide bonds. The van der Waals surface area contributed by atoms with Gasteiger partial charge in [-0.25, -0.2) is 4.79 Å². The summed E-state index contributed by atoms with van der Waals surface area (Å²) < 4.78 is 45.2. The van der Waals surface area contributed by atoms with E-state index >= 15 is 0 Å². The Hall–Kier alpha value is -2.41. The van der Waals surface area contributed by atoms with E-state index in [2.05, 4.69) is 5.32 Å². The van der Waals surface area contributed by atoms with Crippen LogP contribution in [-0.2, 0) is 6.18 Å². The van der Waals surface area contributed by atoms with E-state index in [1.165, 1.54) is 23.1 Å². The third-order valence-electron chi connectivity index (χ3n) is 4.07. The Balaban J connectivity index is 1.93. The van der Waals surface area contributed by atoms with Gasteiger partial charge in [-0.2, -0.15) is 13.2 Å². The van der Waals surface area contributed by atoms with E-state index in [1.54, 1.807) is 18.2 Å². The molecule has 0 fully saturated rings. The number of nitrogens with one attached hydrogen (secondary N) is 1. The van der Waals surface area contributed by atoms with Crippen LogP contribution >= 0.6 is 11.6 Å². The van der Waals surface area contributed by atoms with Crippen molar-refractivity contribution in [2.24, 2.45) is 0 Å². The van der Waals surface area contributed by atoms with Gasteiger partial charge in [0.05, 0.1) is 23.5 Å². The van der Waals surface area contributed by atoms with Gasteiger partial charge in [0.25, 0.3) is 0 Å². The molecule has 1 aliphatic rings. The number of rotatable bonds is 2. The van der Waals surface area contributed by atoms with E-state index in [0.717, 1.165) is 6.07 Å².